The number of aliphatic hydroxyl groups is 4. The Morgan fingerprint density at radius 3 is 2.39 bits per heavy atom. The van der Waals surface area contributed by atoms with E-state index in [4.69, 9.17) is 10.5 Å². The van der Waals surface area contributed by atoms with Gasteiger partial charge in [0.15, 0.2) is 0 Å². The minimum atomic E-state index is -3.29. The molecule has 0 radical (unpaired) electrons. The van der Waals surface area contributed by atoms with Gasteiger partial charge in [0.25, 0.3) is 0 Å². The number of aromatic nitrogens is 2. The molecule has 2 aromatic carbocycles. The minimum absolute atomic E-state index is 0.0474. The third-order valence-corrected chi connectivity index (χ3v) is 6.18. The van der Waals surface area contributed by atoms with Gasteiger partial charge in [0.2, 0.25) is 5.72 Å². The number of ether oxygens (including phenoxy) is 1. The van der Waals surface area contributed by atoms with Crippen molar-refractivity contribution >= 4 is 5.82 Å². The molecule has 4 atom stereocenters. The molecule has 12 nitrogen and oxygen atoms in total. The molecule has 0 bridgehead atoms. The number of phenols is 1. The van der Waals surface area contributed by atoms with Crippen molar-refractivity contribution in [3.8, 4) is 5.75 Å². The lowest BCUT2D eigenvalue weighted by Crippen LogP contribution is -2.68. The van der Waals surface area contributed by atoms with Gasteiger partial charge in [-0.05, 0) is 17.7 Å². The summed E-state index contributed by atoms with van der Waals surface area (Å²) in [5, 5.41) is 64.4. The first-order valence-electron chi connectivity index (χ1n) is 10.8. The molecule has 192 valence electrons. The zero-order chi connectivity index (χ0) is 26.3. The van der Waals surface area contributed by atoms with Crippen LogP contribution in [-0.2, 0) is 23.6 Å². The van der Waals surface area contributed by atoms with Gasteiger partial charge in [-0.2, -0.15) is 0 Å². The van der Waals surface area contributed by atoms with Gasteiger partial charge in [-0.1, -0.05) is 36.4 Å². The number of hydroxylamine groups is 2. The molecule has 1 saturated heterocycles. The lowest BCUT2D eigenvalue weighted by Gasteiger charge is -2.42. The summed E-state index contributed by atoms with van der Waals surface area (Å²) in [6.07, 6.45) is -3.01. The monoisotopic (exact) mass is 504 g/mol. The van der Waals surface area contributed by atoms with Gasteiger partial charge in [0, 0.05) is 23.7 Å². The van der Waals surface area contributed by atoms with E-state index in [9.17, 15) is 39.9 Å². The smallest absolute Gasteiger partial charge is 0.353 e. The maximum Gasteiger partial charge on any atom is 0.353 e. The number of phenolic OH excluding ortho intramolecular Hbond substituents is 1. The van der Waals surface area contributed by atoms with E-state index in [1.807, 2.05) is 0 Å². The molecular weight excluding hydrogens is 479 g/mol. The van der Waals surface area contributed by atoms with Crippen LogP contribution in [0.5, 0.6) is 5.75 Å². The first-order chi connectivity index (χ1) is 17.0. The number of rotatable bonds is 7. The van der Waals surface area contributed by atoms with Crippen molar-refractivity contribution < 1.29 is 39.9 Å². The van der Waals surface area contributed by atoms with Crippen LogP contribution in [0.1, 0.15) is 16.7 Å². The third-order valence-electron chi connectivity index (χ3n) is 6.18. The fourth-order valence-corrected chi connectivity index (χ4v) is 4.20. The quantitative estimate of drug-likeness (QED) is 0.157. The molecule has 1 aliphatic heterocycles. The van der Waals surface area contributed by atoms with Gasteiger partial charge < -0.3 is 41.2 Å². The molecule has 1 aromatic heterocycles. The molecule has 36 heavy (non-hydrogen) atoms. The number of halogens is 1. The van der Waals surface area contributed by atoms with E-state index in [1.165, 1.54) is 42.5 Å². The van der Waals surface area contributed by atoms with Crippen LogP contribution in [0.2, 0.25) is 0 Å². The Bertz CT molecular complexity index is 1320. The molecule has 2 heterocycles. The van der Waals surface area contributed by atoms with Crippen molar-refractivity contribution in [2.45, 2.75) is 36.8 Å². The van der Waals surface area contributed by atoms with Gasteiger partial charge >= 0.3 is 11.6 Å². The number of aromatic hydroxyl groups is 1. The van der Waals surface area contributed by atoms with Crippen LogP contribution in [-0.4, -0.2) is 69.9 Å². The van der Waals surface area contributed by atoms with Crippen LogP contribution < -0.4 is 11.4 Å². The number of hydrogen-bond acceptors (Lipinski definition) is 11. The van der Waals surface area contributed by atoms with Gasteiger partial charge in [0.1, 0.15) is 29.6 Å². The van der Waals surface area contributed by atoms with Gasteiger partial charge in [-0.25, -0.2) is 18.7 Å². The van der Waals surface area contributed by atoms with E-state index < -0.39 is 54.3 Å². The number of anilines is 1. The van der Waals surface area contributed by atoms with Crippen LogP contribution in [0.25, 0.3) is 0 Å². The molecule has 0 saturated carbocycles. The predicted molar refractivity (Wildman–Crippen MR) is 121 cm³/mol. The maximum absolute atomic E-state index is 14.2. The van der Waals surface area contributed by atoms with Crippen molar-refractivity contribution in [3.63, 3.8) is 0 Å². The Hall–Kier alpha value is -3.43. The fourth-order valence-electron chi connectivity index (χ4n) is 4.20. The summed E-state index contributed by atoms with van der Waals surface area (Å²) in [5.41, 5.74) is 1.99. The van der Waals surface area contributed by atoms with Crippen molar-refractivity contribution in [1.29, 1.82) is 0 Å². The molecule has 0 aliphatic carbocycles. The third kappa shape index (κ3) is 4.02. The number of nitrogens with two attached hydrogens (primary N) is 1. The Morgan fingerprint density at radius 2 is 1.75 bits per heavy atom. The van der Waals surface area contributed by atoms with Crippen molar-refractivity contribution in [2.24, 2.45) is 0 Å². The molecule has 1 aliphatic rings. The SMILES string of the molecule is Nc1c(Cc2ccccc2F)cnc(=O)n1[C@]1(O)O[C@H](CO)[C@@H](O)[C@]1(O)N(O)Cc1ccccc1O. The van der Waals surface area contributed by atoms with E-state index >= 15 is 0 Å². The Morgan fingerprint density at radius 1 is 1.11 bits per heavy atom. The maximum atomic E-state index is 14.2. The summed E-state index contributed by atoms with van der Waals surface area (Å²) < 4.78 is 19.8. The number of para-hydroxylation sites is 1. The lowest BCUT2D eigenvalue weighted by atomic mass is 9.99. The average Bonchev–Trinajstić information content (AvgIpc) is 3.05. The molecule has 0 spiro atoms. The zero-order valence-electron chi connectivity index (χ0n) is 18.8. The Balaban J connectivity index is 1.83. The minimum Gasteiger partial charge on any atom is -0.508 e. The van der Waals surface area contributed by atoms with Gasteiger partial charge in [0.05, 0.1) is 13.2 Å². The van der Waals surface area contributed by atoms with E-state index in [0.29, 0.717) is 4.57 Å². The summed E-state index contributed by atoms with van der Waals surface area (Å²) in [7, 11) is 0. The lowest BCUT2D eigenvalue weighted by molar-refractivity contribution is -0.413. The Labute approximate surface area is 203 Å². The second-order valence-corrected chi connectivity index (χ2v) is 8.36. The largest absolute Gasteiger partial charge is 0.508 e. The topological polar surface area (TPSA) is 195 Å². The zero-order valence-corrected chi connectivity index (χ0v) is 18.8. The van der Waals surface area contributed by atoms with E-state index in [1.54, 1.807) is 6.07 Å². The number of hydrogen-bond donors (Lipinski definition) is 7. The summed E-state index contributed by atoms with van der Waals surface area (Å²) in [5.74, 6) is -4.65. The predicted octanol–water partition coefficient (Wildman–Crippen LogP) is -0.804. The molecule has 13 heteroatoms. The average molecular weight is 504 g/mol. The molecule has 0 amide bonds. The van der Waals surface area contributed by atoms with E-state index in [-0.39, 0.29) is 33.9 Å². The summed E-state index contributed by atoms with van der Waals surface area (Å²) >= 11 is 0. The summed E-state index contributed by atoms with van der Waals surface area (Å²) in [4.78, 5) is 16.4. The van der Waals surface area contributed by atoms with Crippen molar-refractivity contribution in [3.05, 3.63) is 87.7 Å². The van der Waals surface area contributed by atoms with Gasteiger partial charge in [-0.15, -0.1) is 5.06 Å². The van der Waals surface area contributed by atoms with E-state index in [2.05, 4.69) is 4.98 Å². The molecular formula is C23H25FN4O8. The standard InChI is InChI=1S/C23H25FN4O8/c24-16-7-3-1-5-13(16)9-15-10-26-21(32)28(20(15)25)23(34)22(33,19(31)18(12-29)36-23)27(35)11-14-6-2-4-8-17(14)30/h1-8,10,18-19,29-31,33-35H,9,11-12,25H2/t18-,19-,22-,23-/m1/s1. The van der Waals surface area contributed by atoms with Crippen molar-refractivity contribution in [2.75, 3.05) is 12.3 Å². The van der Waals surface area contributed by atoms with Crippen LogP contribution in [0.15, 0.2) is 59.5 Å². The molecule has 3 aromatic rings. The first kappa shape index (κ1) is 25.7. The Kier molecular flexibility index (Phi) is 6.81. The number of aliphatic hydroxyl groups excluding tert-OH is 2. The first-order valence-corrected chi connectivity index (χ1v) is 10.8. The number of benzene rings is 2. The van der Waals surface area contributed by atoms with E-state index in [0.717, 1.165) is 6.20 Å². The normalized spacial score (nSPS) is 26.0. The van der Waals surface area contributed by atoms with Crippen LogP contribution in [0.4, 0.5) is 10.2 Å². The summed E-state index contributed by atoms with van der Waals surface area (Å²) in [6, 6.07) is 11.5. The molecule has 1 fully saturated rings. The van der Waals surface area contributed by atoms with Gasteiger partial charge in [-0.3, -0.25) is 0 Å². The summed E-state index contributed by atoms with van der Waals surface area (Å²) in [6.45, 7) is -1.60. The van der Waals surface area contributed by atoms with Crippen LogP contribution in [0.3, 0.4) is 0 Å². The molecule has 8 N–H and O–H groups in total. The molecule has 0 unspecified atom stereocenters. The highest BCUT2D eigenvalue weighted by molar-refractivity contribution is 5.43. The fraction of sp³-hybridized carbons (Fsp3) is 0.304. The number of nitrogen functional groups attached to an aromatic ring is 1. The second kappa shape index (κ2) is 9.55. The highest BCUT2D eigenvalue weighted by Crippen LogP contribution is 2.45. The second-order valence-electron chi connectivity index (χ2n) is 8.36. The van der Waals surface area contributed by atoms with Crippen LogP contribution in [0, 0.1) is 5.82 Å². The number of nitrogens with zero attached hydrogens (tertiary/aromatic N) is 3. The highest BCUT2D eigenvalue weighted by atomic mass is 19.1. The van der Waals surface area contributed by atoms with Crippen molar-refractivity contribution in [1.82, 2.24) is 14.6 Å². The highest BCUT2D eigenvalue weighted by Gasteiger charge is 2.70. The molecule has 4 rings (SSSR count). The van der Waals surface area contributed by atoms with Crippen LogP contribution >= 0.6 is 0 Å².